The molecule has 0 fully saturated rings. The Morgan fingerprint density at radius 1 is 0.967 bits per heavy atom. The van der Waals surface area contributed by atoms with Crippen LogP contribution < -0.4 is 14.9 Å². The first-order valence-corrected chi connectivity index (χ1v) is 11.4. The fraction of sp³-hybridized carbons (Fsp3) is 0.238. The largest absolute Gasteiger partial charge is 0.357 e. The third-order valence-electron chi connectivity index (χ3n) is 4.43. The Morgan fingerprint density at radius 3 is 2.27 bits per heavy atom. The average molecular weight is 446 g/mol. The Hall–Kier alpha value is -2.84. The fourth-order valence-corrected chi connectivity index (χ4v) is 4.30. The van der Waals surface area contributed by atoms with Crippen molar-refractivity contribution < 1.29 is 8.42 Å². The Bertz CT molecular complexity index is 1120. The second-order valence-corrected chi connectivity index (χ2v) is 8.71. The first kappa shape index (κ1) is 21.9. The fourth-order valence-electron chi connectivity index (χ4n) is 2.94. The van der Waals surface area contributed by atoms with Crippen molar-refractivity contribution >= 4 is 44.6 Å². The molecular weight excluding hydrogens is 422 g/mol. The van der Waals surface area contributed by atoms with Crippen molar-refractivity contribution in [1.29, 1.82) is 0 Å². The highest BCUT2D eigenvalue weighted by Gasteiger charge is 2.14. The Morgan fingerprint density at radius 2 is 1.63 bits per heavy atom. The van der Waals surface area contributed by atoms with Crippen molar-refractivity contribution in [2.75, 3.05) is 28.0 Å². The number of hydrogen-bond acceptors (Lipinski definition) is 6. The van der Waals surface area contributed by atoms with Crippen molar-refractivity contribution in [2.24, 2.45) is 0 Å². The van der Waals surface area contributed by atoms with Crippen LogP contribution in [0, 0.1) is 6.92 Å². The van der Waals surface area contributed by atoms with Gasteiger partial charge >= 0.3 is 0 Å². The number of aromatic nitrogens is 2. The molecule has 0 aliphatic carbocycles. The van der Waals surface area contributed by atoms with Crippen LogP contribution in [0.1, 0.15) is 19.7 Å². The molecule has 0 spiro atoms. The Labute approximate surface area is 182 Å². The minimum absolute atomic E-state index is 0.109. The minimum atomic E-state index is -3.72. The summed E-state index contributed by atoms with van der Waals surface area (Å²) in [4.78, 5) is 11.2. The van der Waals surface area contributed by atoms with Crippen molar-refractivity contribution in [2.45, 2.75) is 25.7 Å². The summed E-state index contributed by atoms with van der Waals surface area (Å²) in [6.07, 6.45) is 0. The third-order valence-corrected chi connectivity index (χ3v) is 6.04. The standard InChI is InChI=1S/C21H24ClN5O2S/c1-4-27(5-2)21-14-20(23-15(3)24-21)25-17-9-11-18(12-10-17)26-30(28,29)19-8-6-7-16(22)13-19/h6-14,26H,4-5H2,1-3H3,(H,23,24,25). The molecule has 30 heavy (non-hydrogen) atoms. The topological polar surface area (TPSA) is 87.2 Å². The smallest absolute Gasteiger partial charge is 0.261 e. The lowest BCUT2D eigenvalue weighted by Gasteiger charge is -2.20. The Kier molecular flexibility index (Phi) is 6.79. The van der Waals surface area contributed by atoms with Gasteiger partial charge in [-0.15, -0.1) is 0 Å². The molecule has 0 unspecified atom stereocenters. The number of nitrogens with zero attached hydrogens (tertiary/aromatic N) is 3. The highest BCUT2D eigenvalue weighted by atomic mass is 35.5. The molecule has 2 aromatic carbocycles. The van der Waals surface area contributed by atoms with Gasteiger partial charge in [0.1, 0.15) is 17.5 Å². The second kappa shape index (κ2) is 9.32. The van der Waals surface area contributed by atoms with Gasteiger partial charge in [-0.2, -0.15) is 0 Å². The van der Waals surface area contributed by atoms with E-state index >= 15 is 0 Å². The highest BCUT2D eigenvalue weighted by Crippen LogP contribution is 2.23. The van der Waals surface area contributed by atoms with Gasteiger partial charge in [-0.25, -0.2) is 18.4 Å². The van der Waals surface area contributed by atoms with Gasteiger partial charge in [0.15, 0.2) is 0 Å². The first-order valence-electron chi connectivity index (χ1n) is 9.57. The molecule has 0 saturated heterocycles. The molecule has 2 N–H and O–H groups in total. The van der Waals surface area contributed by atoms with Crippen LogP contribution in [-0.4, -0.2) is 31.5 Å². The Balaban J connectivity index is 1.75. The van der Waals surface area contributed by atoms with E-state index in [1.54, 1.807) is 36.4 Å². The van der Waals surface area contributed by atoms with Gasteiger partial charge in [0.05, 0.1) is 4.90 Å². The third kappa shape index (κ3) is 5.40. The van der Waals surface area contributed by atoms with E-state index in [-0.39, 0.29) is 4.90 Å². The van der Waals surface area contributed by atoms with Crippen LogP contribution in [0.4, 0.5) is 23.0 Å². The summed E-state index contributed by atoms with van der Waals surface area (Å²) in [5.41, 5.74) is 1.23. The van der Waals surface area contributed by atoms with Gasteiger partial charge in [0, 0.05) is 35.6 Å². The van der Waals surface area contributed by atoms with Crippen LogP contribution in [0.3, 0.4) is 0 Å². The summed E-state index contributed by atoms with van der Waals surface area (Å²) < 4.78 is 27.6. The van der Waals surface area contributed by atoms with Crippen LogP contribution in [-0.2, 0) is 10.0 Å². The van der Waals surface area contributed by atoms with Crippen LogP contribution in [0.15, 0.2) is 59.5 Å². The summed E-state index contributed by atoms with van der Waals surface area (Å²) in [7, 11) is -3.72. The molecule has 1 aromatic heterocycles. The number of hydrogen-bond donors (Lipinski definition) is 2. The van der Waals surface area contributed by atoms with E-state index in [0.29, 0.717) is 22.4 Å². The quantitative estimate of drug-likeness (QED) is 0.516. The highest BCUT2D eigenvalue weighted by molar-refractivity contribution is 7.92. The molecule has 0 aliphatic rings. The molecule has 0 saturated carbocycles. The van der Waals surface area contributed by atoms with Crippen molar-refractivity contribution in [3.05, 3.63) is 65.4 Å². The summed E-state index contributed by atoms with van der Waals surface area (Å²) in [6, 6.07) is 15.0. The van der Waals surface area contributed by atoms with E-state index in [1.807, 2.05) is 13.0 Å². The second-order valence-electron chi connectivity index (χ2n) is 6.60. The van der Waals surface area contributed by atoms with Crippen molar-refractivity contribution in [3.8, 4) is 0 Å². The van der Waals surface area contributed by atoms with Crippen molar-refractivity contribution in [1.82, 2.24) is 9.97 Å². The molecule has 158 valence electrons. The van der Waals surface area contributed by atoms with Gasteiger partial charge in [0.2, 0.25) is 0 Å². The molecule has 0 amide bonds. The molecule has 0 bridgehead atoms. The zero-order valence-electron chi connectivity index (χ0n) is 17.1. The number of rotatable bonds is 8. The van der Waals surface area contributed by atoms with Crippen molar-refractivity contribution in [3.63, 3.8) is 0 Å². The maximum Gasteiger partial charge on any atom is 0.261 e. The van der Waals surface area contributed by atoms with E-state index in [9.17, 15) is 8.42 Å². The lowest BCUT2D eigenvalue weighted by atomic mass is 10.3. The number of benzene rings is 2. The number of nitrogens with one attached hydrogen (secondary N) is 2. The van der Waals surface area contributed by atoms with E-state index in [2.05, 4.69) is 38.8 Å². The SMILES string of the molecule is CCN(CC)c1cc(Nc2ccc(NS(=O)(=O)c3cccc(Cl)c3)cc2)nc(C)n1. The molecule has 1 heterocycles. The monoisotopic (exact) mass is 445 g/mol. The summed E-state index contributed by atoms with van der Waals surface area (Å²) in [5.74, 6) is 2.21. The van der Waals surface area contributed by atoms with Crippen LogP contribution >= 0.6 is 11.6 Å². The maximum atomic E-state index is 12.5. The lowest BCUT2D eigenvalue weighted by molar-refractivity contribution is 0.601. The number of halogens is 1. The summed E-state index contributed by atoms with van der Waals surface area (Å²) >= 11 is 5.90. The predicted octanol–water partition coefficient (Wildman–Crippen LogP) is 4.83. The van der Waals surface area contributed by atoms with Gasteiger partial charge in [-0.3, -0.25) is 4.72 Å². The first-order chi connectivity index (χ1) is 14.3. The predicted molar refractivity (Wildman–Crippen MR) is 122 cm³/mol. The molecule has 7 nitrogen and oxygen atoms in total. The van der Waals surface area contributed by atoms with E-state index in [4.69, 9.17) is 11.6 Å². The zero-order valence-corrected chi connectivity index (χ0v) is 18.6. The number of aryl methyl sites for hydroxylation is 1. The van der Waals surface area contributed by atoms with E-state index in [1.165, 1.54) is 12.1 Å². The van der Waals surface area contributed by atoms with E-state index in [0.717, 1.165) is 24.6 Å². The molecule has 0 radical (unpaired) electrons. The molecule has 3 rings (SSSR count). The molecule has 0 aliphatic heterocycles. The maximum absolute atomic E-state index is 12.5. The summed E-state index contributed by atoms with van der Waals surface area (Å²) in [5, 5.41) is 3.61. The average Bonchev–Trinajstić information content (AvgIpc) is 2.70. The number of anilines is 4. The molecule has 9 heteroatoms. The molecule has 0 atom stereocenters. The van der Waals surface area contributed by atoms with Gasteiger partial charge in [-0.05, 0) is 63.2 Å². The van der Waals surface area contributed by atoms with Crippen LogP contribution in [0.2, 0.25) is 5.02 Å². The molecular formula is C21H24ClN5O2S. The molecule has 3 aromatic rings. The summed E-state index contributed by atoms with van der Waals surface area (Å²) in [6.45, 7) is 7.72. The normalized spacial score (nSPS) is 11.2. The minimum Gasteiger partial charge on any atom is -0.357 e. The van der Waals surface area contributed by atoms with Gasteiger partial charge in [-0.1, -0.05) is 17.7 Å². The van der Waals surface area contributed by atoms with Crippen LogP contribution in [0.5, 0.6) is 0 Å². The van der Waals surface area contributed by atoms with Gasteiger partial charge < -0.3 is 10.2 Å². The van der Waals surface area contributed by atoms with E-state index < -0.39 is 10.0 Å². The van der Waals surface area contributed by atoms with Gasteiger partial charge in [0.25, 0.3) is 10.0 Å². The lowest BCUT2D eigenvalue weighted by Crippen LogP contribution is -2.23. The zero-order chi connectivity index (χ0) is 21.7. The van der Waals surface area contributed by atoms with Crippen LogP contribution in [0.25, 0.3) is 0 Å². The number of sulfonamides is 1.